The topological polar surface area (TPSA) is 59.6 Å². The maximum absolute atomic E-state index is 12.3. The summed E-state index contributed by atoms with van der Waals surface area (Å²) < 4.78 is 11.0. The van der Waals surface area contributed by atoms with Crippen molar-refractivity contribution in [2.24, 2.45) is 0 Å². The van der Waals surface area contributed by atoms with Crippen molar-refractivity contribution in [3.05, 3.63) is 66.2 Å². The first-order valence-corrected chi connectivity index (χ1v) is 8.67. The van der Waals surface area contributed by atoms with Crippen LogP contribution in [0.4, 0.5) is 5.69 Å². The molecule has 0 unspecified atom stereocenters. The van der Waals surface area contributed by atoms with Crippen LogP contribution >= 0.6 is 0 Å². The molecule has 2 aromatic rings. The fraction of sp³-hybridized carbons (Fsp3) is 0.286. The van der Waals surface area contributed by atoms with Crippen molar-refractivity contribution in [2.75, 3.05) is 25.6 Å². The van der Waals surface area contributed by atoms with Gasteiger partial charge in [0.25, 0.3) is 5.91 Å². The van der Waals surface area contributed by atoms with Crippen LogP contribution in [0.2, 0.25) is 0 Å². The first-order chi connectivity index (χ1) is 12.7. The van der Waals surface area contributed by atoms with E-state index >= 15 is 0 Å². The molecule has 0 heterocycles. The Hall–Kier alpha value is -2.79. The first-order valence-electron chi connectivity index (χ1n) is 8.67. The molecular weight excluding hydrogens is 328 g/mol. The van der Waals surface area contributed by atoms with Crippen molar-refractivity contribution in [3.63, 3.8) is 0 Å². The largest absolute Gasteiger partial charge is 0.493 e. The Kier molecular flexibility index (Phi) is 7.71. The second kappa shape index (κ2) is 10.3. The number of carbonyl (C=O) groups excluding carboxylic acids is 1. The van der Waals surface area contributed by atoms with Crippen molar-refractivity contribution in [1.29, 1.82) is 0 Å². The molecule has 0 saturated carbocycles. The predicted molar refractivity (Wildman–Crippen MR) is 105 cm³/mol. The van der Waals surface area contributed by atoms with Gasteiger partial charge in [0.1, 0.15) is 0 Å². The van der Waals surface area contributed by atoms with Gasteiger partial charge in [-0.1, -0.05) is 37.3 Å². The molecule has 0 radical (unpaired) electrons. The van der Waals surface area contributed by atoms with Crippen LogP contribution in [0, 0.1) is 0 Å². The normalized spacial score (nSPS) is 10.2. The van der Waals surface area contributed by atoms with Gasteiger partial charge in [0.15, 0.2) is 18.1 Å². The SMILES string of the molecule is C=CCc1ccc(OCC(=O)Nc2ccccc2CNCC)c(OC)c1. The van der Waals surface area contributed by atoms with E-state index in [4.69, 9.17) is 9.47 Å². The standard InChI is InChI=1S/C21H26N2O3/c1-4-8-16-11-12-19(20(13-16)25-3)26-15-21(24)23-18-10-7-6-9-17(18)14-22-5-2/h4,6-7,9-13,22H,1,5,8,14-15H2,2-3H3,(H,23,24). The second-order valence-electron chi connectivity index (χ2n) is 5.75. The van der Waals surface area contributed by atoms with Gasteiger partial charge >= 0.3 is 0 Å². The van der Waals surface area contributed by atoms with Crippen molar-refractivity contribution in [3.8, 4) is 11.5 Å². The smallest absolute Gasteiger partial charge is 0.262 e. The third-order valence-electron chi connectivity index (χ3n) is 3.82. The molecule has 0 aliphatic heterocycles. The van der Waals surface area contributed by atoms with E-state index in [2.05, 4.69) is 17.2 Å². The molecular formula is C21H26N2O3. The number of benzene rings is 2. The maximum Gasteiger partial charge on any atom is 0.262 e. The number of rotatable bonds is 10. The molecule has 5 nitrogen and oxygen atoms in total. The molecule has 1 amide bonds. The van der Waals surface area contributed by atoms with Crippen LogP contribution < -0.4 is 20.1 Å². The third-order valence-corrected chi connectivity index (χ3v) is 3.82. The highest BCUT2D eigenvalue weighted by molar-refractivity contribution is 5.92. The quantitative estimate of drug-likeness (QED) is 0.641. The fourth-order valence-electron chi connectivity index (χ4n) is 2.51. The highest BCUT2D eigenvalue weighted by Gasteiger charge is 2.10. The Morgan fingerprint density at radius 2 is 2.00 bits per heavy atom. The molecule has 138 valence electrons. The number of hydrogen-bond donors (Lipinski definition) is 2. The number of allylic oxidation sites excluding steroid dienone is 1. The van der Waals surface area contributed by atoms with Gasteiger partial charge in [0.2, 0.25) is 0 Å². The number of carbonyl (C=O) groups is 1. The number of nitrogens with one attached hydrogen (secondary N) is 2. The molecule has 0 spiro atoms. The average Bonchev–Trinajstić information content (AvgIpc) is 2.66. The minimum Gasteiger partial charge on any atom is -0.493 e. The summed E-state index contributed by atoms with van der Waals surface area (Å²) in [5, 5.41) is 6.16. The van der Waals surface area contributed by atoms with E-state index in [1.807, 2.05) is 55.5 Å². The van der Waals surface area contributed by atoms with Gasteiger partial charge < -0.3 is 20.1 Å². The summed E-state index contributed by atoms with van der Waals surface area (Å²) in [6, 6.07) is 13.4. The molecule has 2 rings (SSSR count). The summed E-state index contributed by atoms with van der Waals surface area (Å²) >= 11 is 0. The van der Waals surface area contributed by atoms with E-state index in [1.165, 1.54) is 0 Å². The molecule has 2 aromatic carbocycles. The van der Waals surface area contributed by atoms with Gasteiger partial charge in [-0.3, -0.25) is 4.79 Å². The lowest BCUT2D eigenvalue weighted by Crippen LogP contribution is -2.22. The van der Waals surface area contributed by atoms with Crippen LogP contribution in [0.5, 0.6) is 11.5 Å². The Balaban J connectivity index is 1.98. The zero-order chi connectivity index (χ0) is 18.8. The number of amides is 1. The summed E-state index contributed by atoms with van der Waals surface area (Å²) in [6.45, 7) is 7.25. The highest BCUT2D eigenvalue weighted by Crippen LogP contribution is 2.28. The molecule has 0 bridgehead atoms. The van der Waals surface area contributed by atoms with Crippen molar-refractivity contribution < 1.29 is 14.3 Å². The zero-order valence-electron chi connectivity index (χ0n) is 15.4. The van der Waals surface area contributed by atoms with E-state index < -0.39 is 0 Å². The van der Waals surface area contributed by atoms with Gasteiger partial charge in [0.05, 0.1) is 7.11 Å². The number of methoxy groups -OCH3 is 1. The summed E-state index contributed by atoms with van der Waals surface area (Å²) in [4.78, 5) is 12.3. The fourth-order valence-corrected chi connectivity index (χ4v) is 2.51. The maximum atomic E-state index is 12.3. The zero-order valence-corrected chi connectivity index (χ0v) is 15.4. The molecule has 0 fully saturated rings. The van der Waals surface area contributed by atoms with E-state index in [-0.39, 0.29) is 12.5 Å². The number of anilines is 1. The van der Waals surface area contributed by atoms with Gasteiger partial charge in [-0.25, -0.2) is 0 Å². The van der Waals surface area contributed by atoms with E-state index in [0.29, 0.717) is 18.0 Å². The van der Waals surface area contributed by atoms with Crippen LogP contribution in [0.25, 0.3) is 0 Å². The van der Waals surface area contributed by atoms with E-state index in [0.717, 1.165) is 29.8 Å². The third kappa shape index (κ3) is 5.63. The van der Waals surface area contributed by atoms with Crippen LogP contribution in [0.3, 0.4) is 0 Å². The lowest BCUT2D eigenvalue weighted by molar-refractivity contribution is -0.118. The Labute approximate surface area is 155 Å². The summed E-state index contributed by atoms with van der Waals surface area (Å²) in [5.41, 5.74) is 2.90. The summed E-state index contributed by atoms with van der Waals surface area (Å²) in [6.07, 6.45) is 2.58. The van der Waals surface area contributed by atoms with Crippen LogP contribution in [-0.4, -0.2) is 26.2 Å². The lowest BCUT2D eigenvalue weighted by Gasteiger charge is -2.14. The van der Waals surface area contributed by atoms with E-state index in [9.17, 15) is 4.79 Å². The molecule has 0 aliphatic rings. The van der Waals surface area contributed by atoms with Gasteiger partial charge in [0, 0.05) is 12.2 Å². The van der Waals surface area contributed by atoms with Crippen molar-refractivity contribution in [2.45, 2.75) is 19.9 Å². The van der Waals surface area contributed by atoms with E-state index in [1.54, 1.807) is 7.11 Å². The number of ether oxygens (including phenoxy) is 2. The number of para-hydroxylation sites is 1. The van der Waals surface area contributed by atoms with Crippen molar-refractivity contribution in [1.82, 2.24) is 5.32 Å². The second-order valence-corrected chi connectivity index (χ2v) is 5.75. The van der Waals surface area contributed by atoms with Gasteiger partial charge in [-0.05, 0) is 42.3 Å². The van der Waals surface area contributed by atoms with Crippen LogP contribution in [0.15, 0.2) is 55.1 Å². The molecule has 0 atom stereocenters. The Morgan fingerprint density at radius 3 is 2.73 bits per heavy atom. The van der Waals surface area contributed by atoms with Crippen LogP contribution in [-0.2, 0) is 17.8 Å². The minimum atomic E-state index is -0.217. The predicted octanol–water partition coefficient (Wildman–Crippen LogP) is 3.55. The molecule has 0 aromatic heterocycles. The number of hydrogen-bond acceptors (Lipinski definition) is 4. The highest BCUT2D eigenvalue weighted by atomic mass is 16.5. The average molecular weight is 354 g/mol. The van der Waals surface area contributed by atoms with Gasteiger partial charge in [-0.2, -0.15) is 0 Å². The van der Waals surface area contributed by atoms with Crippen molar-refractivity contribution >= 4 is 11.6 Å². The lowest BCUT2D eigenvalue weighted by atomic mass is 10.1. The van der Waals surface area contributed by atoms with Crippen LogP contribution in [0.1, 0.15) is 18.1 Å². The minimum absolute atomic E-state index is 0.0906. The summed E-state index contributed by atoms with van der Waals surface area (Å²) in [7, 11) is 1.58. The monoisotopic (exact) mass is 354 g/mol. The molecule has 0 aliphatic carbocycles. The Morgan fingerprint density at radius 1 is 1.19 bits per heavy atom. The summed E-state index contributed by atoms with van der Waals surface area (Å²) in [5.74, 6) is 0.923. The first kappa shape index (κ1) is 19.5. The molecule has 0 saturated heterocycles. The Bertz CT molecular complexity index is 744. The van der Waals surface area contributed by atoms with Gasteiger partial charge in [-0.15, -0.1) is 6.58 Å². The molecule has 26 heavy (non-hydrogen) atoms. The molecule has 5 heteroatoms. The molecule has 2 N–H and O–H groups in total.